The maximum absolute atomic E-state index is 5.43. The topological polar surface area (TPSA) is 58.1 Å². The SMILES string of the molecule is CCCN1CCC(CNC(=NCc2ccc3c(c2)OCO3)NCC)C1.I. The van der Waals surface area contributed by atoms with Gasteiger partial charge in [0.2, 0.25) is 6.79 Å². The number of halogens is 1. The van der Waals surface area contributed by atoms with Gasteiger partial charge in [0.15, 0.2) is 17.5 Å². The summed E-state index contributed by atoms with van der Waals surface area (Å²) >= 11 is 0. The van der Waals surface area contributed by atoms with Crippen LogP contribution in [0.3, 0.4) is 0 Å². The molecule has 0 saturated carbocycles. The number of rotatable bonds is 7. The molecule has 0 spiro atoms. The third kappa shape index (κ3) is 5.90. The normalized spacial score (nSPS) is 19.3. The highest BCUT2D eigenvalue weighted by molar-refractivity contribution is 14.0. The average molecular weight is 474 g/mol. The molecule has 7 heteroatoms. The molecule has 3 rings (SSSR count). The van der Waals surface area contributed by atoms with E-state index in [0.29, 0.717) is 19.3 Å². The monoisotopic (exact) mass is 474 g/mol. The van der Waals surface area contributed by atoms with Crippen LogP contribution in [0, 0.1) is 5.92 Å². The van der Waals surface area contributed by atoms with Crippen LogP contribution in [0.5, 0.6) is 11.5 Å². The van der Waals surface area contributed by atoms with Crippen molar-refractivity contribution in [1.29, 1.82) is 0 Å². The van der Waals surface area contributed by atoms with Gasteiger partial charge in [-0.25, -0.2) is 4.99 Å². The summed E-state index contributed by atoms with van der Waals surface area (Å²) in [7, 11) is 0. The minimum atomic E-state index is 0. The van der Waals surface area contributed by atoms with Crippen molar-refractivity contribution in [2.45, 2.75) is 33.2 Å². The lowest BCUT2D eigenvalue weighted by Gasteiger charge is -2.17. The van der Waals surface area contributed by atoms with E-state index in [1.165, 1.54) is 32.5 Å². The Morgan fingerprint density at radius 3 is 2.88 bits per heavy atom. The molecule has 1 atom stereocenters. The van der Waals surface area contributed by atoms with Crippen LogP contribution in [0.4, 0.5) is 0 Å². The number of benzene rings is 1. The second kappa shape index (κ2) is 10.8. The molecule has 6 nitrogen and oxygen atoms in total. The molecule has 0 amide bonds. The van der Waals surface area contributed by atoms with Crippen molar-refractivity contribution in [3.05, 3.63) is 23.8 Å². The van der Waals surface area contributed by atoms with Gasteiger partial charge in [0.25, 0.3) is 0 Å². The Bertz CT molecular complexity index is 597. The first-order valence-electron chi connectivity index (χ1n) is 9.41. The first kappa shape index (κ1) is 21.1. The molecule has 2 heterocycles. The second-order valence-corrected chi connectivity index (χ2v) is 6.72. The van der Waals surface area contributed by atoms with Gasteiger partial charge in [0, 0.05) is 19.6 Å². The lowest BCUT2D eigenvalue weighted by molar-refractivity contribution is 0.174. The van der Waals surface area contributed by atoms with Gasteiger partial charge >= 0.3 is 0 Å². The van der Waals surface area contributed by atoms with Crippen molar-refractivity contribution in [2.75, 3.05) is 39.5 Å². The summed E-state index contributed by atoms with van der Waals surface area (Å²) in [5, 5.41) is 6.84. The molecular weight excluding hydrogens is 443 g/mol. The predicted molar refractivity (Wildman–Crippen MR) is 116 cm³/mol. The number of ether oxygens (including phenoxy) is 2. The molecule has 26 heavy (non-hydrogen) atoms. The van der Waals surface area contributed by atoms with Crippen LogP contribution in [0.15, 0.2) is 23.2 Å². The molecule has 1 saturated heterocycles. The van der Waals surface area contributed by atoms with Crippen molar-refractivity contribution in [1.82, 2.24) is 15.5 Å². The maximum Gasteiger partial charge on any atom is 0.231 e. The molecule has 1 aromatic carbocycles. The van der Waals surface area contributed by atoms with Crippen LogP contribution in [0.25, 0.3) is 0 Å². The van der Waals surface area contributed by atoms with Gasteiger partial charge in [0.05, 0.1) is 6.54 Å². The van der Waals surface area contributed by atoms with E-state index in [-0.39, 0.29) is 24.0 Å². The summed E-state index contributed by atoms with van der Waals surface area (Å²) in [6.45, 7) is 10.8. The first-order chi connectivity index (χ1) is 12.3. The van der Waals surface area contributed by atoms with E-state index in [2.05, 4.69) is 29.4 Å². The molecule has 1 fully saturated rings. The highest BCUT2D eigenvalue weighted by Gasteiger charge is 2.21. The summed E-state index contributed by atoms with van der Waals surface area (Å²) in [5.41, 5.74) is 1.12. The van der Waals surface area contributed by atoms with E-state index in [1.807, 2.05) is 18.2 Å². The lowest BCUT2D eigenvalue weighted by Crippen LogP contribution is -2.40. The molecule has 0 radical (unpaired) electrons. The van der Waals surface area contributed by atoms with Crippen molar-refractivity contribution >= 4 is 29.9 Å². The van der Waals surface area contributed by atoms with E-state index < -0.39 is 0 Å². The minimum absolute atomic E-state index is 0. The largest absolute Gasteiger partial charge is 0.454 e. The van der Waals surface area contributed by atoms with Crippen LogP contribution >= 0.6 is 24.0 Å². The fraction of sp³-hybridized carbons (Fsp3) is 0.632. The summed E-state index contributed by atoms with van der Waals surface area (Å²) in [6, 6.07) is 6.00. The molecule has 2 aliphatic rings. The Labute approximate surface area is 173 Å². The number of hydrogen-bond acceptors (Lipinski definition) is 4. The fourth-order valence-corrected chi connectivity index (χ4v) is 3.39. The number of fused-ring (bicyclic) bond motifs is 1. The number of likely N-dealkylation sites (tertiary alicyclic amines) is 1. The van der Waals surface area contributed by atoms with E-state index >= 15 is 0 Å². The Morgan fingerprint density at radius 2 is 2.08 bits per heavy atom. The van der Waals surface area contributed by atoms with Gasteiger partial charge < -0.3 is 25.0 Å². The van der Waals surface area contributed by atoms with Gasteiger partial charge in [-0.2, -0.15) is 0 Å². The molecule has 1 aromatic rings. The molecule has 2 aliphatic heterocycles. The Hall–Kier alpha value is -1.22. The first-order valence-corrected chi connectivity index (χ1v) is 9.41. The lowest BCUT2D eigenvalue weighted by atomic mass is 10.1. The Morgan fingerprint density at radius 1 is 1.23 bits per heavy atom. The summed E-state index contributed by atoms with van der Waals surface area (Å²) in [4.78, 5) is 7.27. The highest BCUT2D eigenvalue weighted by atomic mass is 127. The standard InChI is InChI=1S/C19H30N4O2.HI/c1-3-8-23-9-7-16(13-23)12-22-19(20-4-2)21-11-15-5-6-17-18(10-15)25-14-24-17;/h5-6,10,16H,3-4,7-9,11-14H2,1-2H3,(H2,20,21,22);1H. The molecule has 146 valence electrons. The van der Waals surface area contributed by atoms with Gasteiger partial charge in [-0.3, -0.25) is 0 Å². The number of nitrogens with zero attached hydrogens (tertiary/aromatic N) is 2. The van der Waals surface area contributed by atoms with Gasteiger partial charge in [-0.15, -0.1) is 24.0 Å². The molecule has 0 bridgehead atoms. The molecule has 0 aromatic heterocycles. The maximum atomic E-state index is 5.43. The fourth-order valence-electron chi connectivity index (χ4n) is 3.39. The number of hydrogen-bond donors (Lipinski definition) is 2. The van der Waals surface area contributed by atoms with E-state index in [1.54, 1.807) is 0 Å². The van der Waals surface area contributed by atoms with Gasteiger partial charge in [0.1, 0.15) is 0 Å². The zero-order valence-corrected chi connectivity index (χ0v) is 18.1. The highest BCUT2D eigenvalue weighted by Crippen LogP contribution is 2.32. The van der Waals surface area contributed by atoms with E-state index in [4.69, 9.17) is 14.5 Å². The second-order valence-electron chi connectivity index (χ2n) is 6.72. The van der Waals surface area contributed by atoms with Crippen LogP contribution in [-0.2, 0) is 6.54 Å². The Kier molecular flexibility index (Phi) is 8.77. The quantitative estimate of drug-likeness (QED) is 0.362. The van der Waals surface area contributed by atoms with Crippen molar-refractivity contribution < 1.29 is 9.47 Å². The van der Waals surface area contributed by atoms with Crippen LogP contribution < -0.4 is 20.1 Å². The van der Waals surface area contributed by atoms with E-state index in [0.717, 1.165) is 36.1 Å². The molecular formula is C19H31IN4O2. The number of nitrogens with one attached hydrogen (secondary N) is 2. The number of guanidine groups is 1. The molecule has 2 N–H and O–H groups in total. The molecule has 1 unspecified atom stereocenters. The van der Waals surface area contributed by atoms with Crippen molar-refractivity contribution in [3.8, 4) is 11.5 Å². The number of aliphatic imine (C=N–C) groups is 1. The van der Waals surface area contributed by atoms with Crippen molar-refractivity contribution in [2.24, 2.45) is 10.9 Å². The van der Waals surface area contributed by atoms with Crippen LogP contribution in [0.2, 0.25) is 0 Å². The third-order valence-electron chi connectivity index (χ3n) is 4.67. The predicted octanol–water partition coefficient (Wildman–Crippen LogP) is 2.82. The van der Waals surface area contributed by atoms with Crippen LogP contribution in [0.1, 0.15) is 32.3 Å². The zero-order valence-electron chi connectivity index (χ0n) is 15.8. The van der Waals surface area contributed by atoms with Crippen molar-refractivity contribution in [3.63, 3.8) is 0 Å². The van der Waals surface area contributed by atoms with Gasteiger partial charge in [-0.05, 0) is 56.5 Å². The average Bonchev–Trinajstić information content (AvgIpc) is 3.26. The smallest absolute Gasteiger partial charge is 0.231 e. The third-order valence-corrected chi connectivity index (χ3v) is 4.67. The van der Waals surface area contributed by atoms with E-state index in [9.17, 15) is 0 Å². The zero-order chi connectivity index (χ0) is 17.5. The molecule has 0 aliphatic carbocycles. The van der Waals surface area contributed by atoms with Gasteiger partial charge in [-0.1, -0.05) is 13.0 Å². The summed E-state index contributed by atoms with van der Waals surface area (Å²) in [5.74, 6) is 3.22. The minimum Gasteiger partial charge on any atom is -0.454 e. The van der Waals surface area contributed by atoms with Crippen LogP contribution in [-0.4, -0.2) is 50.4 Å². The Balaban J connectivity index is 0.00000243. The summed E-state index contributed by atoms with van der Waals surface area (Å²) in [6.07, 6.45) is 2.51. The summed E-state index contributed by atoms with van der Waals surface area (Å²) < 4.78 is 10.8.